The van der Waals surface area contributed by atoms with E-state index in [2.05, 4.69) is 5.32 Å². The number of rotatable bonds is 6. The maximum Gasteiger partial charge on any atom is 0.262 e. The molecular weight excluding hydrogens is 264 g/mol. The molecule has 0 spiro atoms. The summed E-state index contributed by atoms with van der Waals surface area (Å²) >= 11 is 6.18. The van der Waals surface area contributed by atoms with E-state index in [0.29, 0.717) is 17.3 Å². The third-order valence-corrected chi connectivity index (χ3v) is 3.07. The molecule has 0 saturated carbocycles. The van der Waals surface area contributed by atoms with Gasteiger partial charge in [0, 0.05) is 31.2 Å². The number of carbonyl (C=O) groups is 1. The normalized spacial score (nSPS) is 12.1. The van der Waals surface area contributed by atoms with Crippen LogP contribution in [-0.4, -0.2) is 37.6 Å². The van der Waals surface area contributed by atoms with Crippen molar-refractivity contribution >= 4 is 17.5 Å². The Morgan fingerprint density at radius 3 is 2.74 bits per heavy atom. The van der Waals surface area contributed by atoms with Gasteiger partial charge in [0.25, 0.3) is 5.91 Å². The lowest BCUT2D eigenvalue weighted by Crippen LogP contribution is -2.35. The van der Waals surface area contributed by atoms with Gasteiger partial charge in [-0.15, -0.1) is 0 Å². The van der Waals surface area contributed by atoms with Gasteiger partial charge in [-0.2, -0.15) is 0 Å². The van der Waals surface area contributed by atoms with Crippen molar-refractivity contribution in [3.8, 4) is 5.75 Å². The zero-order valence-electron chi connectivity index (χ0n) is 11.9. The summed E-state index contributed by atoms with van der Waals surface area (Å²) in [6, 6.07) is 5.47. The van der Waals surface area contributed by atoms with Crippen LogP contribution in [0.2, 0.25) is 5.02 Å². The first-order valence-electron chi connectivity index (χ1n) is 6.33. The molecule has 1 aromatic carbocycles. The molecule has 0 aliphatic rings. The third kappa shape index (κ3) is 4.40. The van der Waals surface area contributed by atoms with Crippen LogP contribution in [0.25, 0.3) is 0 Å². The van der Waals surface area contributed by atoms with Crippen molar-refractivity contribution in [3.05, 3.63) is 28.8 Å². The topological polar surface area (TPSA) is 41.6 Å². The number of nitrogens with one attached hydrogen (secondary N) is 1. The van der Waals surface area contributed by atoms with Crippen LogP contribution in [0.1, 0.15) is 19.4 Å². The van der Waals surface area contributed by atoms with Gasteiger partial charge >= 0.3 is 0 Å². The van der Waals surface area contributed by atoms with Crippen LogP contribution < -0.4 is 10.1 Å². The second-order valence-electron chi connectivity index (χ2n) is 4.49. The number of halogens is 1. The SMILES string of the molecule is CCNCc1c(Cl)cccc1OC(C)C(=O)N(C)C. The second kappa shape index (κ2) is 7.36. The standard InChI is InChI=1S/C14H21ClN2O2/c1-5-16-9-11-12(15)7-6-8-13(11)19-10(2)14(18)17(3)4/h6-8,10,16H,5,9H2,1-4H3. The van der Waals surface area contributed by atoms with Crippen LogP contribution in [0.4, 0.5) is 0 Å². The monoisotopic (exact) mass is 284 g/mol. The number of likely N-dealkylation sites (N-methyl/N-ethyl adjacent to an activating group) is 1. The van der Waals surface area contributed by atoms with E-state index in [0.717, 1.165) is 12.1 Å². The number of hydrogen-bond donors (Lipinski definition) is 1. The van der Waals surface area contributed by atoms with Gasteiger partial charge in [0.2, 0.25) is 0 Å². The Labute approximate surface area is 119 Å². The summed E-state index contributed by atoms with van der Waals surface area (Å²) in [4.78, 5) is 13.3. The molecule has 0 aromatic heterocycles. The smallest absolute Gasteiger partial charge is 0.262 e. The number of nitrogens with zero attached hydrogens (tertiary/aromatic N) is 1. The van der Waals surface area contributed by atoms with Crippen molar-refractivity contribution in [3.63, 3.8) is 0 Å². The van der Waals surface area contributed by atoms with Crippen LogP contribution >= 0.6 is 11.6 Å². The maximum atomic E-state index is 11.8. The van der Waals surface area contributed by atoms with Gasteiger partial charge in [0.15, 0.2) is 6.10 Å². The molecular formula is C14H21ClN2O2. The van der Waals surface area contributed by atoms with Gasteiger partial charge in [-0.3, -0.25) is 4.79 Å². The van der Waals surface area contributed by atoms with Crippen molar-refractivity contribution < 1.29 is 9.53 Å². The molecule has 19 heavy (non-hydrogen) atoms. The van der Waals surface area contributed by atoms with E-state index in [4.69, 9.17) is 16.3 Å². The van der Waals surface area contributed by atoms with Crippen molar-refractivity contribution in [1.82, 2.24) is 10.2 Å². The van der Waals surface area contributed by atoms with Gasteiger partial charge < -0.3 is 15.0 Å². The molecule has 0 aliphatic heterocycles. The quantitative estimate of drug-likeness (QED) is 0.872. The lowest BCUT2D eigenvalue weighted by molar-refractivity contribution is -0.135. The van der Waals surface area contributed by atoms with E-state index in [1.54, 1.807) is 21.0 Å². The molecule has 0 radical (unpaired) electrons. The fraction of sp³-hybridized carbons (Fsp3) is 0.500. The predicted molar refractivity (Wildman–Crippen MR) is 77.6 cm³/mol. The van der Waals surface area contributed by atoms with Crippen LogP contribution in [0.5, 0.6) is 5.75 Å². The Bertz CT molecular complexity index is 435. The van der Waals surface area contributed by atoms with Crippen LogP contribution in [0, 0.1) is 0 Å². The molecule has 1 amide bonds. The molecule has 1 rings (SSSR count). The summed E-state index contributed by atoms with van der Waals surface area (Å²) in [6.07, 6.45) is -0.533. The number of hydrogen-bond acceptors (Lipinski definition) is 3. The largest absolute Gasteiger partial charge is 0.481 e. The Hall–Kier alpha value is -1.26. The first-order chi connectivity index (χ1) is 8.97. The molecule has 1 atom stereocenters. The van der Waals surface area contributed by atoms with E-state index < -0.39 is 6.10 Å². The second-order valence-corrected chi connectivity index (χ2v) is 4.90. The summed E-state index contributed by atoms with van der Waals surface area (Å²) in [5.41, 5.74) is 0.879. The molecule has 5 heteroatoms. The van der Waals surface area contributed by atoms with Crippen molar-refractivity contribution in [2.75, 3.05) is 20.6 Å². The van der Waals surface area contributed by atoms with Gasteiger partial charge in [0.1, 0.15) is 5.75 Å². The van der Waals surface area contributed by atoms with Gasteiger partial charge in [-0.05, 0) is 25.6 Å². The molecule has 106 valence electrons. The van der Waals surface area contributed by atoms with Gasteiger partial charge in [-0.1, -0.05) is 24.6 Å². The minimum Gasteiger partial charge on any atom is -0.481 e. The molecule has 1 N–H and O–H groups in total. The minimum absolute atomic E-state index is 0.0747. The number of ether oxygens (including phenoxy) is 1. The molecule has 0 saturated heterocycles. The highest BCUT2D eigenvalue weighted by Crippen LogP contribution is 2.27. The van der Waals surface area contributed by atoms with Crippen molar-refractivity contribution in [1.29, 1.82) is 0 Å². The number of carbonyl (C=O) groups excluding carboxylic acids is 1. The highest BCUT2D eigenvalue weighted by molar-refractivity contribution is 6.31. The van der Waals surface area contributed by atoms with Gasteiger partial charge in [0.05, 0.1) is 0 Å². The number of benzene rings is 1. The van der Waals surface area contributed by atoms with Crippen LogP contribution in [0.15, 0.2) is 18.2 Å². The first-order valence-corrected chi connectivity index (χ1v) is 6.71. The minimum atomic E-state index is -0.533. The summed E-state index contributed by atoms with van der Waals surface area (Å²) in [6.45, 7) is 5.22. The number of amides is 1. The van der Waals surface area contributed by atoms with E-state index in [1.807, 2.05) is 25.1 Å². The van der Waals surface area contributed by atoms with Crippen molar-refractivity contribution in [2.24, 2.45) is 0 Å². The molecule has 1 aromatic rings. The molecule has 0 fully saturated rings. The van der Waals surface area contributed by atoms with Crippen LogP contribution in [0.3, 0.4) is 0 Å². The van der Waals surface area contributed by atoms with Crippen molar-refractivity contribution in [2.45, 2.75) is 26.5 Å². The summed E-state index contributed by atoms with van der Waals surface area (Å²) in [5.74, 6) is 0.575. The summed E-state index contributed by atoms with van der Waals surface area (Å²) < 4.78 is 5.73. The van der Waals surface area contributed by atoms with E-state index in [-0.39, 0.29) is 5.91 Å². The zero-order valence-corrected chi connectivity index (χ0v) is 12.6. The Morgan fingerprint density at radius 1 is 1.47 bits per heavy atom. The highest BCUT2D eigenvalue weighted by atomic mass is 35.5. The lowest BCUT2D eigenvalue weighted by Gasteiger charge is -2.20. The Balaban J connectivity index is 2.88. The fourth-order valence-corrected chi connectivity index (χ4v) is 1.91. The zero-order chi connectivity index (χ0) is 14.4. The molecule has 0 aliphatic carbocycles. The average molecular weight is 285 g/mol. The summed E-state index contributed by atoms with van der Waals surface area (Å²) in [7, 11) is 3.42. The van der Waals surface area contributed by atoms with E-state index in [1.165, 1.54) is 4.90 Å². The maximum absolute atomic E-state index is 11.8. The molecule has 0 bridgehead atoms. The first kappa shape index (κ1) is 15.8. The van der Waals surface area contributed by atoms with E-state index >= 15 is 0 Å². The highest BCUT2D eigenvalue weighted by Gasteiger charge is 2.18. The van der Waals surface area contributed by atoms with E-state index in [9.17, 15) is 4.79 Å². The lowest BCUT2D eigenvalue weighted by atomic mass is 10.2. The predicted octanol–water partition coefficient (Wildman–Crippen LogP) is 2.31. The Kier molecular flexibility index (Phi) is 6.12. The molecule has 0 heterocycles. The molecule has 1 unspecified atom stereocenters. The summed E-state index contributed by atoms with van der Waals surface area (Å²) in [5, 5.41) is 3.85. The molecule has 4 nitrogen and oxygen atoms in total. The van der Waals surface area contributed by atoms with Gasteiger partial charge in [-0.25, -0.2) is 0 Å². The average Bonchev–Trinajstić information content (AvgIpc) is 2.37. The third-order valence-electron chi connectivity index (χ3n) is 2.72. The Morgan fingerprint density at radius 2 is 2.16 bits per heavy atom. The van der Waals surface area contributed by atoms with Crippen LogP contribution in [-0.2, 0) is 11.3 Å². The fourth-order valence-electron chi connectivity index (χ4n) is 1.68.